The Kier molecular flexibility index (Phi) is 2.21. The van der Waals surface area contributed by atoms with Gasteiger partial charge in [0.1, 0.15) is 0 Å². The van der Waals surface area contributed by atoms with Gasteiger partial charge in [0.05, 0.1) is 7.11 Å². The summed E-state index contributed by atoms with van der Waals surface area (Å²) in [5.41, 5.74) is 4.04. The molecule has 1 aliphatic rings. The van der Waals surface area contributed by atoms with Crippen molar-refractivity contribution in [2.45, 2.75) is 32.6 Å². The fourth-order valence-corrected chi connectivity index (χ4v) is 2.02. The summed E-state index contributed by atoms with van der Waals surface area (Å²) in [5, 5.41) is 0. The number of nitrogens with zero attached hydrogens (tertiary/aromatic N) is 1. The Bertz CT molecular complexity index is 320. The van der Waals surface area contributed by atoms with Crippen molar-refractivity contribution in [3.63, 3.8) is 0 Å². The number of ether oxygens (including phenoxy) is 1. The predicted molar refractivity (Wildman–Crippen MR) is 52.2 cm³/mol. The first-order valence-corrected chi connectivity index (χ1v) is 4.84. The van der Waals surface area contributed by atoms with Gasteiger partial charge in [0.2, 0.25) is 5.88 Å². The molecule has 13 heavy (non-hydrogen) atoms. The van der Waals surface area contributed by atoms with Gasteiger partial charge in [-0.05, 0) is 43.7 Å². The first kappa shape index (κ1) is 8.54. The van der Waals surface area contributed by atoms with Crippen molar-refractivity contribution in [2.75, 3.05) is 7.11 Å². The maximum Gasteiger partial charge on any atom is 0.213 e. The van der Waals surface area contributed by atoms with Crippen LogP contribution in [0.3, 0.4) is 0 Å². The van der Waals surface area contributed by atoms with Gasteiger partial charge in [-0.2, -0.15) is 0 Å². The predicted octanol–water partition coefficient (Wildman–Crippen LogP) is 2.28. The van der Waals surface area contributed by atoms with Gasteiger partial charge >= 0.3 is 0 Å². The van der Waals surface area contributed by atoms with Crippen LogP contribution in [0.15, 0.2) is 6.07 Å². The number of hydrogen-bond donors (Lipinski definition) is 0. The van der Waals surface area contributed by atoms with Gasteiger partial charge in [0.15, 0.2) is 0 Å². The number of aromatic nitrogens is 1. The molecule has 0 aliphatic heterocycles. The molecule has 0 atom stereocenters. The number of aryl methyl sites for hydroxylation is 2. The minimum Gasteiger partial charge on any atom is -0.481 e. The highest BCUT2D eigenvalue weighted by Gasteiger charge is 2.13. The molecule has 0 aromatic carbocycles. The molecule has 1 aliphatic carbocycles. The van der Waals surface area contributed by atoms with E-state index >= 15 is 0 Å². The van der Waals surface area contributed by atoms with Crippen LogP contribution in [0.4, 0.5) is 0 Å². The summed E-state index contributed by atoms with van der Waals surface area (Å²) in [6.45, 7) is 2.08. The molecule has 0 unspecified atom stereocenters. The first-order valence-electron chi connectivity index (χ1n) is 4.84. The molecule has 2 heteroatoms. The van der Waals surface area contributed by atoms with E-state index in [0.717, 1.165) is 11.6 Å². The molecule has 0 spiro atoms. The lowest BCUT2D eigenvalue weighted by atomic mass is 9.91. The monoisotopic (exact) mass is 177 g/mol. The normalized spacial score (nSPS) is 15.2. The van der Waals surface area contributed by atoms with Crippen molar-refractivity contribution in [1.29, 1.82) is 0 Å². The Hall–Kier alpha value is -1.05. The lowest BCUT2D eigenvalue weighted by Gasteiger charge is -2.17. The van der Waals surface area contributed by atoms with E-state index in [0.29, 0.717) is 0 Å². The van der Waals surface area contributed by atoms with Crippen molar-refractivity contribution < 1.29 is 4.74 Å². The van der Waals surface area contributed by atoms with E-state index in [1.165, 1.54) is 36.8 Å². The highest BCUT2D eigenvalue weighted by Crippen LogP contribution is 2.25. The van der Waals surface area contributed by atoms with Gasteiger partial charge in [0.25, 0.3) is 0 Å². The molecule has 0 amide bonds. The number of pyridine rings is 1. The lowest BCUT2D eigenvalue weighted by molar-refractivity contribution is 0.395. The third-order valence-electron chi connectivity index (χ3n) is 2.73. The maximum absolute atomic E-state index is 5.15. The van der Waals surface area contributed by atoms with Crippen LogP contribution >= 0.6 is 0 Å². The molecule has 1 aromatic rings. The summed E-state index contributed by atoms with van der Waals surface area (Å²) in [4.78, 5) is 4.38. The van der Waals surface area contributed by atoms with E-state index in [-0.39, 0.29) is 0 Å². The average Bonchev–Trinajstić information content (AvgIpc) is 2.18. The maximum atomic E-state index is 5.15. The standard InChI is InChI=1S/C11H15NO/c1-8-10-6-4-3-5-9(10)7-11(12-8)13-2/h7H,3-6H2,1-2H3. The van der Waals surface area contributed by atoms with Gasteiger partial charge in [-0.3, -0.25) is 0 Å². The summed E-state index contributed by atoms with van der Waals surface area (Å²) in [6.07, 6.45) is 4.99. The van der Waals surface area contributed by atoms with Crippen LogP contribution in [0.25, 0.3) is 0 Å². The van der Waals surface area contributed by atoms with Crippen molar-refractivity contribution in [1.82, 2.24) is 4.98 Å². The Morgan fingerprint density at radius 3 is 2.85 bits per heavy atom. The smallest absolute Gasteiger partial charge is 0.213 e. The van der Waals surface area contributed by atoms with E-state index in [2.05, 4.69) is 18.0 Å². The topological polar surface area (TPSA) is 22.1 Å². The van der Waals surface area contributed by atoms with Crippen molar-refractivity contribution >= 4 is 0 Å². The summed E-state index contributed by atoms with van der Waals surface area (Å²) in [7, 11) is 1.68. The summed E-state index contributed by atoms with van der Waals surface area (Å²) in [6, 6.07) is 2.08. The summed E-state index contributed by atoms with van der Waals surface area (Å²) in [5.74, 6) is 0.762. The zero-order chi connectivity index (χ0) is 9.26. The van der Waals surface area contributed by atoms with Crippen LogP contribution in [0, 0.1) is 6.92 Å². The van der Waals surface area contributed by atoms with Gasteiger partial charge in [0, 0.05) is 11.8 Å². The van der Waals surface area contributed by atoms with Crippen LogP contribution in [0.2, 0.25) is 0 Å². The van der Waals surface area contributed by atoms with Gasteiger partial charge < -0.3 is 4.74 Å². The molecule has 0 N–H and O–H groups in total. The van der Waals surface area contributed by atoms with Crippen LogP contribution < -0.4 is 4.74 Å². The third-order valence-corrected chi connectivity index (χ3v) is 2.73. The molecule has 0 saturated carbocycles. The minimum absolute atomic E-state index is 0.762. The molecule has 1 aromatic heterocycles. The quantitative estimate of drug-likeness (QED) is 0.656. The van der Waals surface area contributed by atoms with E-state index in [1.807, 2.05) is 0 Å². The number of fused-ring (bicyclic) bond motifs is 1. The van der Waals surface area contributed by atoms with Gasteiger partial charge in [-0.15, -0.1) is 0 Å². The molecule has 70 valence electrons. The molecule has 1 heterocycles. The molecule has 2 nitrogen and oxygen atoms in total. The van der Waals surface area contributed by atoms with E-state index in [9.17, 15) is 0 Å². The zero-order valence-corrected chi connectivity index (χ0v) is 8.26. The second-order valence-electron chi connectivity index (χ2n) is 3.59. The Balaban J connectivity index is 2.47. The van der Waals surface area contributed by atoms with Gasteiger partial charge in [-0.1, -0.05) is 0 Å². The fraction of sp³-hybridized carbons (Fsp3) is 0.545. The van der Waals surface area contributed by atoms with Crippen LogP contribution in [0.5, 0.6) is 5.88 Å². The molecular weight excluding hydrogens is 162 g/mol. The van der Waals surface area contributed by atoms with Crippen LogP contribution in [0.1, 0.15) is 29.7 Å². The molecular formula is C11H15NO. The number of rotatable bonds is 1. The van der Waals surface area contributed by atoms with Crippen molar-refractivity contribution in [2.24, 2.45) is 0 Å². The molecule has 0 bridgehead atoms. The molecule has 0 radical (unpaired) electrons. The molecule has 2 rings (SSSR count). The number of methoxy groups -OCH3 is 1. The summed E-state index contributed by atoms with van der Waals surface area (Å²) < 4.78 is 5.15. The van der Waals surface area contributed by atoms with Gasteiger partial charge in [-0.25, -0.2) is 4.98 Å². The lowest BCUT2D eigenvalue weighted by Crippen LogP contribution is -2.07. The van der Waals surface area contributed by atoms with Crippen molar-refractivity contribution in [3.05, 3.63) is 22.9 Å². The fourth-order valence-electron chi connectivity index (χ4n) is 2.02. The van der Waals surface area contributed by atoms with E-state index < -0.39 is 0 Å². The third kappa shape index (κ3) is 1.53. The van der Waals surface area contributed by atoms with Crippen LogP contribution in [-0.4, -0.2) is 12.1 Å². The average molecular weight is 177 g/mol. The number of hydrogen-bond acceptors (Lipinski definition) is 2. The highest BCUT2D eigenvalue weighted by atomic mass is 16.5. The zero-order valence-electron chi connectivity index (χ0n) is 8.26. The SMILES string of the molecule is COc1cc2c(c(C)n1)CCCC2. The van der Waals surface area contributed by atoms with Crippen molar-refractivity contribution in [3.8, 4) is 5.88 Å². The Morgan fingerprint density at radius 2 is 2.08 bits per heavy atom. The largest absolute Gasteiger partial charge is 0.481 e. The Morgan fingerprint density at radius 1 is 1.31 bits per heavy atom. The van der Waals surface area contributed by atoms with E-state index in [1.54, 1.807) is 7.11 Å². The molecule has 0 fully saturated rings. The highest BCUT2D eigenvalue weighted by molar-refractivity contribution is 5.36. The first-order chi connectivity index (χ1) is 6.31. The Labute approximate surface area is 78.9 Å². The second-order valence-corrected chi connectivity index (χ2v) is 3.59. The summed E-state index contributed by atoms with van der Waals surface area (Å²) >= 11 is 0. The van der Waals surface area contributed by atoms with Crippen LogP contribution in [-0.2, 0) is 12.8 Å². The minimum atomic E-state index is 0.762. The van der Waals surface area contributed by atoms with E-state index in [4.69, 9.17) is 4.74 Å². The second kappa shape index (κ2) is 3.36. The molecule has 0 saturated heterocycles.